The summed E-state index contributed by atoms with van der Waals surface area (Å²) < 4.78 is 0. The van der Waals surface area contributed by atoms with E-state index in [-0.39, 0.29) is 11.6 Å². The third-order valence-electron chi connectivity index (χ3n) is 7.31. The third kappa shape index (κ3) is 1.63. The number of hydrogen-bond donors (Lipinski definition) is 2. The summed E-state index contributed by atoms with van der Waals surface area (Å²) in [6.45, 7) is 3.11. The highest BCUT2D eigenvalue weighted by Crippen LogP contribution is 2.59. The Balaban J connectivity index is 1.51. The number of nitrogens with zero attached hydrogens (tertiary/aromatic N) is 1. The van der Waals surface area contributed by atoms with Crippen molar-refractivity contribution < 1.29 is 9.90 Å². The van der Waals surface area contributed by atoms with Gasteiger partial charge in [0.2, 0.25) is 0 Å². The van der Waals surface area contributed by atoms with E-state index in [9.17, 15) is 9.90 Å². The smallest absolute Gasteiger partial charge is 0.318 e. The molecule has 6 aliphatic rings. The van der Waals surface area contributed by atoms with E-state index in [0.717, 1.165) is 25.8 Å². The molecule has 116 valence electrons. The summed E-state index contributed by atoms with van der Waals surface area (Å²) >= 11 is 0. The number of nitrogens with one attached hydrogen (secondary N) is 1. The Morgan fingerprint density at radius 1 is 1.19 bits per heavy atom. The van der Waals surface area contributed by atoms with Gasteiger partial charge in [0.15, 0.2) is 0 Å². The lowest BCUT2D eigenvalue weighted by molar-refractivity contribution is -0.161. The van der Waals surface area contributed by atoms with E-state index in [1.807, 2.05) is 0 Å². The van der Waals surface area contributed by atoms with Crippen molar-refractivity contribution in [1.29, 1.82) is 0 Å². The number of carbonyl (C=O) groups excluding carboxylic acids is 1. The van der Waals surface area contributed by atoms with E-state index in [4.69, 9.17) is 0 Å². The lowest BCUT2D eigenvalue weighted by atomic mass is 9.51. The minimum Gasteiger partial charge on any atom is -0.390 e. The van der Waals surface area contributed by atoms with Crippen molar-refractivity contribution in [3.8, 4) is 0 Å². The Labute approximate surface area is 126 Å². The maximum Gasteiger partial charge on any atom is 0.318 e. The second-order valence-electron chi connectivity index (χ2n) is 8.85. The van der Waals surface area contributed by atoms with Crippen LogP contribution in [0.15, 0.2) is 0 Å². The molecule has 3 atom stereocenters. The second-order valence-corrected chi connectivity index (χ2v) is 8.85. The van der Waals surface area contributed by atoms with E-state index in [2.05, 4.69) is 17.1 Å². The molecule has 1 saturated heterocycles. The number of urea groups is 1. The van der Waals surface area contributed by atoms with Gasteiger partial charge in [-0.2, -0.15) is 0 Å². The van der Waals surface area contributed by atoms with Crippen LogP contribution in [-0.2, 0) is 0 Å². The molecule has 6 rings (SSSR count). The van der Waals surface area contributed by atoms with Crippen LogP contribution in [0, 0.1) is 23.7 Å². The van der Waals surface area contributed by atoms with E-state index < -0.39 is 5.60 Å². The Bertz CT molecular complexity index is 487. The molecule has 2 N–H and O–H groups in total. The normalized spacial score (nSPS) is 55.1. The predicted molar refractivity (Wildman–Crippen MR) is 78.7 cm³/mol. The zero-order valence-corrected chi connectivity index (χ0v) is 12.8. The number of rotatable bonds is 2. The zero-order valence-electron chi connectivity index (χ0n) is 12.8. The summed E-state index contributed by atoms with van der Waals surface area (Å²) in [5, 5.41) is 13.9. The summed E-state index contributed by atoms with van der Waals surface area (Å²) in [6.07, 6.45) is 7.87. The van der Waals surface area contributed by atoms with Gasteiger partial charge in [-0.15, -0.1) is 0 Å². The Hall–Kier alpha value is -0.770. The molecule has 2 amide bonds. The SMILES string of the molecule is C[C@]1(C2CC2)CNC(=O)N1C1C2CC3CC1CC(O)(C3)C2. The van der Waals surface area contributed by atoms with Gasteiger partial charge in [0.1, 0.15) is 0 Å². The van der Waals surface area contributed by atoms with Crippen LogP contribution in [0.4, 0.5) is 4.79 Å². The summed E-state index contributed by atoms with van der Waals surface area (Å²) in [7, 11) is 0. The summed E-state index contributed by atoms with van der Waals surface area (Å²) in [4.78, 5) is 14.8. The Kier molecular flexibility index (Phi) is 2.28. The number of carbonyl (C=O) groups is 1. The molecule has 1 aliphatic heterocycles. The molecule has 5 aliphatic carbocycles. The third-order valence-corrected chi connectivity index (χ3v) is 7.31. The van der Waals surface area contributed by atoms with Crippen molar-refractivity contribution in [3.05, 3.63) is 0 Å². The fourth-order valence-corrected chi connectivity index (χ4v) is 6.56. The highest BCUT2D eigenvalue weighted by molar-refractivity contribution is 5.78. The number of hydrogen-bond acceptors (Lipinski definition) is 2. The van der Waals surface area contributed by atoms with Gasteiger partial charge in [-0.25, -0.2) is 4.79 Å². The van der Waals surface area contributed by atoms with E-state index in [1.165, 1.54) is 25.7 Å². The number of aliphatic hydroxyl groups is 1. The molecule has 4 bridgehead atoms. The fraction of sp³-hybridized carbons (Fsp3) is 0.941. The fourth-order valence-electron chi connectivity index (χ4n) is 6.56. The monoisotopic (exact) mass is 290 g/mol. The van der Waals surface area contributed by atoms with Gasteiger partial charge < -0.3 is 15.3 Å². The standard InChI is InChI=1S/C17H26N2O2/c1-16(13-2-3-13)9-18-15(20)19(16)14-11-4-10-5-12(14)8-17(21,6-10)7-11/h10-14,21H,2-9H2,1H3,(H,18,20)/t10?,11?,12?,14?,16-,17?/m1/s1. The molecule has 6 fully saturated rings. The molecule has 21 heavy (non-hydrogen) atoms. The van der Waals surface area contributed by atoms with Crippen LogP contribution < -0.4 is 5.32 Å². The van der Waals surface area contributed by atoms with Crippen molar-refractivity contribution in [2.45, 2.75) is 69.1 Å². The first-order valence-corrected chi connectivity index (χ1v) is 8.78. The molecule has 1 heterocycles. The van der Waals surface area contributed by atoms with Gasteiger partial charge in [0.25, 0.3) is 0 Å². The van der Waals surface area contributed by atoms with Crippen LogP contribution in [0.5, 0.6) is 0 Å². The molecule has 4 heteroatoms. The average Bonchev–Trinajstić information content (AvgIpc) is 3.19. The Morgan fingerprint density at radius 2 is 1.86 bits per heavy atom. The average molecular weight is 290 g/mol. The zero-order chi connectivity index (χ0) is 14.4. The van der Waals surface area contributed by atoms with Crippen molar-refractivity contribution in [2.24, 2.45) is 23.7 Å². The molecule has 0 spiro atoms. The number of amides is 2. The van der Waals surface area contributed by atoms with Crippen LogP contribution in [-0.4, -0.2) is 39.8 Å². The lowest BCUT2D eigenvalue weighted by Gasteiger charge is -2.61. The van der Waals surface area contributed by atoms with Crippen LogP contribution in [0.2, 0.25) is 0 Å². The minimum atomic E-state index is -0.404. The lowest BCUT2D eigenvalue weighted by Crippen LogP contribution is -2.65. The quantitative estimate of drug-likeness (QED) is 0.818. The molecule has 5 saturated carbocycles. The van der Waals surface area contributed by atoms with Crippen LogP contribution in [0.3, 0.4) is 0 Å². The van der Waals surface area contributed by atoms with E-state index in [1.54, 1.807) is 0 Å². The van der Waals surface area contributed by atoms with Crippen molar-refractivity contribution in [3.63, 3.8) is 0 Å². The van der Waals surface area contributed by atoms with Crippen molar-refractivity contribution in [2.75, 3.05) is 6.54 Å². The molecule has 0 radical (unpaired) electrons. The van der Waals surface area contributed by atoms with Gasteiger partial charge >= 0.3 is 6.03 Å². The topological polar surface area (TPSA) is 52.6 Å². The maximum absolute atomic E-state index is 12.6. The Morgan fingerprint density at radius 3 is 2.43 bits per heavy atom. The predicted octanol–water partition coefficient (Wildman–Crippen LogP) is 2.12. The van der Waals surface area contributed by atoms with Crippen LogP contribution in [0.25, 0.3) is 0 Å². The minimum absolute atomic E-state index is 0.0275. The van der Waals surface area contributed by atoms with Crippen LogP contribution in [0.1, 0.15) is 51.9 Å². The van der Waals surface area contributed by atoms with Crippen LogP contribution >= 0.6 is 0 Å². The van der Waals surface area contributed by atoms with E-state index >= 15 is 0 Å². The van der Waals surface area contributed by atoms with Gasteiger partial charge in [-0.1, -0.05) is 0 Å². The van der Waals surface area contributed by atoms with Crippen molar-refractivity contribution >= 4 is 6.03 Å². The van der Waals surface area contributed by atoms with E-state index in [0.29, 0.717) is 29.7 Å². The second kappa shape index (κ2) is 3.76. The first kappa shape index (κ1) is 12.7. The first-order chi connectivity index (χ1) is 9.98. The molecular weight excluding hydrogens is 264 g/mol. The molecular formula is C17H26N2O2. The summed E-state index contributed by atoms with van der Waals surface area (Å²) in [5.74, 6) is 2.46. The maximum atomic E-state index is 12.6. The summed E-state index contributed by atoms with van der Waals surface area (Å²) in [5.41, 5.74) is -0.376. The highest BCUT2D eigenvalue weighted by Gasteiger charge is 2.62. The van der Waals surface area contributed by atoms with Gasteiger partial charge in [0.05, 0.1) is 11.1 Å². The molecule has 0 aromatic rings. The molecule has 4 nitrogen and oxygen atoms in total. The molecule has 0 aromatic carbocycles. The van der Waals surface area contributed by atoms with Gasteiger partial charge in [-0.3, -0.25) is 0 Å². The summed E-state index contributed by atoms with van der Waals surface area (Å²) in [6, 6.07) is 0.545. The first-order valence-electron chi connectivity index (χ1n) is 8.78. The van der Waals surface area contributed by atoms with Crippen molar-refractivity contribution in [1.82, 2.24) is 10.2 Å². The van der Waals surface area contributed by atoms with Gasteiger partial charge in [-0.05, 0) is 75.5 Å². The molecule has 2 unspecified atom stereocenters. The highest BCUT2D eigenvalue weighted by atomic mass is 16.3. The van der Waals surface area contributed by atoms with Gasteiger partial charge in [0, 0.05) is 12.6 Å². The largest absolute Gasteiger partial charge is 0.390 e. The molecule has 0 aromatic heterocycles.